The fraction of sp³-hybridized carbons (Fsp3) is 0.345. The van der Waals surface area contributed by atoms with E-state index in [0.29, 0.717) is 17.8 Å². The van der Waals surface area contributed by atoms with E-state index in [-0.39, 0.29) is 0 Å². The lowest BCUT2D eigenvalue weighted by atomic mass is 9.75. The van der Waals surface area contributed by atoms with Crippen molar-refractivity contribution in [2.24, 2.45) is 5.92 Å². The topological polar surface area (TPSA) is 37.5 Å². The summed E-state index contributed by atoms with van der Waals surface area (Å²) in [5.74, 6) is 1.53. The molecule has 1 N–H and O–H groups in total. The molecule has 0 spiro atoms. The molecule has 0 bridgehead atoms. The molecule has 0 radical (unpaired) electrons. The number of fused-ring (bicyclic) bond motifs is 1. The molecular weight excluding hydrogens is 392 g/mol. The van der Waals surface area contributed by atoms with Crippen LogP contribution >= 0.6 is 0 Å². The molecule has 3 nitrogen and oxygen atoms in total. The average Bonchev–Trinajstić information content (AvgIpc) is 3.60. The molecule has 4 aromatic rings. The first kappa shape index (κ1) is 19.8. The third-order valence-corrected chi connectivity index (χ3v) is 7.66. The van der Waals surface area contributed by atoms with Gasteiger partial charge in [0, 0.05) is 0 Å². The van der Waals surface area contributed by atoms with Crippen LogP contribution in [-0.4, -0.2) is 14.5 Å². The highest BCUT2D eigenvalue weighted by atomic mass is 16.3. The number of aromatic nitrogens is 2. The van der Waals surface area contributed by atoms with Gasteiger partial charge in [0.25, 0.3) is 0 Å². The van der Waals surface area contributed by atoms with E-state index in [1.54, 1.807) is 0 Å². The Bertz CT molecular complexity index is 1200. The second-order valence-electron chi connectivity index (χ2n) is 9.68. The fourth-order valence-electron chi connectivity index (χ4n) is 5.65. The molecule has 2 aliphatic rings. The van der Waals surface area contributed by atoms with E-state index in [9.17, 15) is 5.11 Å². The number of pyridine rings is 1. The van der Waals surface area contributed by atoms with Gasteiger partial charge in [-0.15, -0.1) is 0 Å². The molecular formula is C29H30N2O. The van der Waals surface area contributed by atoms with Crippen LogP contribution in [0.25, 0.3) is 16.6 Å². The minimum absolute atomic E-state index is 0.320. The van der Waals surface area contributed by atoms with Crippen molar-refractivity contribution in [2.45, 2.75) is 56.5 Å². The number of hydrogen-bond donors (Lipinski definition) is 1. The van der Waals surface area contributed by atoms with Crippen LogP contribution in [0.1, 0.15) is 73.3 Å². The molecule has 1 atom stereocenters. The van der Waals surface area contributed by atoms with Crippen molar-refractivity contribution in [3.8, 4) is 11.1 Å². The maximum absolute atomic E-state index is 11.5. The summed E-state index contributed by atoms with van der Waals surface area (Å²) in [5, 5.41) is 11.5. The first-order valence-electron chi connectivity index (χ1n) is 12.1. The zero-order valence-corrected chi connectivity index (χ0v) is 18.4. The first-order valence-corrected chi connectivity index (χ1v) is 12.1. The Kier molecular flexibility index (Phi) is 5.07. The first-order chi connectivity index (χ1) is 15.8. The molecule has 2 aliphatic carbocycles. The van der Waals surface area contributed by atoms with Crippen molar-refractivity contribution in [3.05, 3.63) is 96.1 Å². The molecule has 6 rings (SSSR count). The van der Waals surface area contributed by atoms with Crippen molar-refractivity contribution in [2.75, 3.05) is 0 Å². The summed E-state index contributed by atoms with van der Waals surface area (Å²) in [6.07, 6.45) is 10.3. The number of rotatable bonds is 5. The predicted molar refractivity (Wildman–Crippen MR) is 129 cm³/mol. The van der Waals surface area contributed by atoms with E-state index in [4.69, 9.17) is 0 Å². The molecule has 0 aliphatic heterocycles. The van der Waals surface area contributed by atoms with E-state index in [0.717, 1.165) is 36.9 Å². The van der Waals surface area contributed by atoms with Crippen molar-refractivity contribution < 1.29 is 5.11 Å². The van der Waals surface area contributed by atoms with Gasteiger partial charge in [0.05, 0.1) is 29.8 Å². The molecule has 2 aromatic carbocycles. The average molecular weight is 423 g/mol. The van der Waals surface area contributed by atoms with Gasteiger partial charge in [0.1, 0.15) is 0 Å². The smallest absolute Gasteiger partial charge is 0.0995 e. The molecule has 2 saturated carbocycles. The Hall–Kier alpha value is -2.91. The van der Waals surface area contributed by atoms with Gasteiger partial charge in [-0.05, 0) is 84.6 Å². The van der Waals surface area contributed by atoms with Gasteiger partial charge in [-0.25, -0.2) is 4.98 Å². The standard InChI is InChI=1S/C29H30N2O/c32-29(28-27(24-12-13-24)17-16-26-18-30-19-31(26)28)25-14-10-23(11-15-25)22-8-6-21(7-9-22)20-4-2-1-3-5-20/h1-9,16-19,23-25,29,32H,10-15H2/t23?,25?,29-/m1/s1. The highest BCUT2D eigenvalue weighted by Crippen LogP contribution is 2.47. The maximum Gasteiger partial charge on any atom is 0.0995 e. The number of hydrogen-bond acceptors (Lipinski definition) is 2. The van der Waals surface area contributed by atoms with Gasteiger partial charge in [0.2, 0.25) is 0 Å². The maximum atomic E-state index is 11.5. The van der Waals surface area contributed by atoms with Crippen molar-refractivity contribution >= 4 is 5.52 Å². The molecule has 162 valence electrons. The fourth-order valence-corrected chi connectivity index (χ4v) is 5.65. The van der Waals surface area contributed by atoms with Crippen molar-refractivity contribution in [3.63, 3.8) is 0 Å². The minimum Gasteiger partial charge on any atom is -0.387 e. The summed E-state index contributed by atoms with van der Waals surface area (Å²) in [4.78, 5) is 4.34. The van der Waals surface area contributed by atoms with Crippen LogP contribution in [0.4, 0.5) is 0 Å². The largest absolute Gasteiger partial charge is 0.387 e. The number of benzene rings is 2. The van der Waals surface area contributed by atoms with Gasteiger partial charge in [-0.1, -0.05) is 60.7 Å². The minimum atomic E-state index is -0.412. The van der Waals surface area contributed by atoms with E-state index in [1.165, 1.54) is 35.1 Å². The van der Waals surface area contributed by atoms with Crippen molar-refractivity contribution in [1.82, 2.24) is 9.38 Å². The summed E-state index contributed by atoms with van der Waals surface area (Å²) in [6, 6.07) is 24.1. The van der Waals surface area contributed by atoms with Crippen LogP contribution in [0.3, 0.4) is 0 Å². The lowest BCUT2D eigenvalue weighted by molar-refractivity contribution is 0.0754. The molecule has 0 amide bonds. The summed E-state index contributed by atoms with van der Waals surface area (Å²) < 4.78 is 2.13. The van der Waals surface area contributed by atoms with Gasteiger partial charge in [-0.2, -0.15) is 0 Å². The lowest BCUT2D eigenvalue weighted by Gasteiger charge is -2.33. The van der Waals surface area contributed by atoms with E-state index >= 15 is 0 Å². The molecule has 0 unspecified atom stereocenters. The van der Waals surface area contributed by atoms with Gasteiger partial charge < -0.3 is 9.51 Å². The summed E-state index contributed by atoms with van der Waals surface area (Å²) in [7, 11) is 0. The number of nitrogens with zero attached hydrogens (tertiary/aromatic N) is 2. The Labute approximate surface area is 189 Å². The summed E-state index contributed by atoms with van der Waals surface area (Å²) in [5.41, 5.74) is 7.49. The molecule has 0 saturated heterocycles. The van der Waals surface area contributed by atoms with E-state index in [1.807, 2.05) is 12.5 Å². The zero-order chi connectivity index (χ0) is 21.5. The Morgan fingerprint density at radius 2 is 1.44 bits per heavy atom. The van der Waals surface area contributed by atoms with E-state index in [2.05, 4.69) is 76.1 Å². The van der Waals surface area contributed by atoms with Crippen LogP contribution in [0.5, 0.6) is 0 Å². The Balaban J connectivity index is 1.17. The normalized spacial score (nSPS) is 22.2. The quantitative estimate of drug-likeness (QED) is 0.380. The number of aliphatic hydroxyl groups is 1. The molecule has 2 heterocycles. The molecule has 32 heavy (non-hydrogen) atoms. The highest BCUT2D eigenvalue weighted by Gasteiger charge is 2.34. The molecule has 2 aromatic heterocycles. The van der Waals surface area contributed by atoms with E-state index < -0.39 is 6.10 Å². The second kappa shape index (κ2) is 8.22. The van der Waals surface area contributed by atoms with Crippen LogP contribution in [0.2, 0.25) is 0 Å². The Morgan fingerprint density at radius 3 is 2.16 bits per heavy atom. The second-order valence-corrected chi connectivity index (χ2v) is 9.68. The number of aliphatic hydroxyl groups excluding tert-OH is 1. The highest BCUT2D eigenvalue weighted by molar-refractivity contribution is 5.63. The summed E-state index contributed by atoms with van der Waals surface area (Å²) in [6.45, 7) is 0. The third-order valence-electron chi connectivity index (χ3n) is 7.66. The van der Waals surface area contributed by atoms with Gasteiger partial charge in [0.15, 0.2) is 0 Å². The number of imidazole rings is 1. The zero-order valence-electron chi connectivity index (χ0n) is 18.4. The monoisotopic (exact) mass is 422 g/mol. The molecule has 2 fully saturated rings. The molecule has 3 heteroatoms. The van der Waals surface area contributed by atoms with Gasteiger partial charge >= 0.3 is 0 Å². The van der Waals surface area contributed by atoms with Crippen LogP contribution in [-0.2, 0) is 0 Å². The van der Waals surface area contributed by atoms with Crippen LogP contribution in [0.15, 0.2) is 79.3 Å². The van der Waals surface area contributed by atoms with Crippen LogP contribution < -0.4 is 0 Å². The van der Waals surface area contributed by atoms with Gasteiger partial charge in [-0.3, -0.25) is 0 Å². The SMILES string of the molecule is O[C@@H](c1c(C2CC2)ccc2cncn12)C1CCC(c2ccc(-c3ccccc3)cc2)CC1. The predicted octanol–water partition coefficient (Wildman–Crippen LogP) is 6.89. The van der Waals surface area contributed by atoms with Crippen LogP contribution in [0, 0.1) is 5.92 Å². The van der Waals surface area contributed by atoms with Crippen molar-refractivity contribution in [1.29, 1.82) is 0 Å². The summed E-state index contributed by atoms with van der Waals surface area (Å²) >= 11 is 0. The Morgan fingerprint density at radius 1 is 0.750 bits per heavy atom. The third kappa shape index (κ3) is 3.65. The lowest BCUT2D eigenvalue weighted by Crippen LogP contribution is -2.22.